The van der Waals surface area contributed by atoms with Gasteiger partial charge >= 0.3 is 0 Å². The number of amides is 2. The second-order valence-electron chi connectivity index (χ2n) is 6.98. The van der Waals surface area contributed by atoms with Gasteiger partial charge in [-0.15, -0.1) is 0 Å². The minimum absolute atomic E-state index is 0.137. The van der Waals surface area contributed by atoms with E-state index in [1.165, 1.54) is 4.90 Å². The van der Waals surface area contributed by atoms with E-state index in [9.17, 15) is 9.59 Å². The Bertz CT molecular complexity index is 833. The first kappa shape index (κ1) is 22.3. The van der Waals surface area contributed by atoms with Crippen LogP contribution in [0.4, 0.5) is 0 Å². The first-order chi connectivity index (χ1) is 13.8. The smallest absolute Gasteiger partial charge is 0.261 e. The van der Waals surface area contributed by atoms with E-state index >= 15 is 0 Å². The van der Waals surface area contributed by atoms with E-state index in [0.717, 1.165) is 22.4 Å². The third kappa shape index (κ3) is 6.24. The molecular weight excluding hydrogens is 368 g/mol. The lowest BCUT2D eigenvalue weighted by atomic mass is 10.1. The summed E-state index contributed by atoms with van der Waals surface area (Å²) in [7, 11) is 1.60. The summed E-state index contributed by atoms with van der Waals surface area (Å²) in [6, 6.07) is 12.5. The highest BCUT2D eigenvalue weighted by atomic mass is 16.5. The Labute approximate surface area is 172 Å². The number of rotatable bonds is 9. The highest BCUT2D eigenvalue weighted by Gasteiger charge is 2.26. The van der Waals surface area contributed by atoms with Crippen molar-refractivity contribution in [2.45, 2.75) is 40.3 Å². The topological polar surface area (TPSA) is 67.9 Å². The molecule has 0 spiro atoms. The molecule has 2 rings (SSSR count). The quantitative estimate of drug-likeness (QED) is 0.704. The molecule has 0 aliphatic carbocycles. The molecule has 0 heterocycles. The Hall–Kier alpha value is -3.02. The number of benzene rings is 2. The SMILES string of the molecule is CCNC(=O)[C@@H](C)N(Cc1ccc(OC)cc1)C(=O)COc1ccc(C)c(C)c1. The van der Waals surface area contributed by atoms with Gasteiger partial charge in [-0.3, -0.25) is 9.59 Å². The zero-order valence-electron chi connectivity index (χ0n) is 17.8. The summed E-state index contributed by atoms with van der Waals surface area (Å²) in [5.74, 6) is 0.927. The zero-order chi connectivity index (χ0) is 21.4. The van der Waals surface area contributed by atoms with Crippen molar-refractivity contribution >= 4 is 11.8 Å². The van der Waals surface area contributed by atoms with Crippen molar-refractivity contribution in [3.05, 3.63) is 59.2 Å². The summed E-state index contributed by atoms with van der Waals surface area (Å²) in [6.07, 6.45) is 0. The molecule has 2 aromatic rings. The van der Waals surface area contributed by atoms with Gasteiger partial charge in [-0.05, 0) is 68.7 Å². The van der Waals surface area contributed by atoms with Gasteiger partial charge in [-0.1, -0.05) is 18.2 Å². The molecule has 2 aromatic carbocycles. The van der Waals surface area contributed by atoms with Crippen LogP contribution in [0.25, 0.3) is 0 Å². The minimum Gasteiger partial charge on any atom is -0.497 e. The van der Waals surface area contributed by atoms with Crippen molar-refractivity contribution in [3.8, 4) is 11.5 Å². The van der Waals surface area contributed by atoms with Gasteiger partial charge in [0.1, 0.15) is 17.5 Å². The Morgan fingerprint density at radius 3 is 2.28 bits per heavy atom. The van der Waals surface area contributed by atoms with Crippen molar-refractivity contribution in [1.82, 2.24) is 10.2 Å². The maximum absolute atomic E-state index is 12.9. The van der Waals surface area contributed by atoms with Crippen LogP contribution in [-0.4, -0.2) is 43.0 Å². The lowest BCUT2D eigenvalue weighted by Crippen LogP contribution is -2.49. The van der Waals surface area contributed by atoms with Gasteiger partial charge in [0.25, 0.3) is 5.91 Å². The average Bonchev–Trinajstić information content (AvgIpc) is 2.72. The summed E-state index contributed by atoms with van der Waals surface area (Å²) in [4.78, 5) is 26.8. The van der Waals surface area contributed by atoms with E-state index in [1.54, 1.807) is 14.0 Å². The number of nitrogens with zero attached hydrogens (tertiary/aromatic N) is 1. The first-order valence-corrected chi connectivity index (χ1v) is 9.75. The number of aryl methyl sites for hydroxylation is 2. The number of hydrogen-bond acceptors (Lipinski definition) is 4. The molecule has 0 bridgehead atoms. The Kier molecular flexibility index (Phi) is 8.07. The van der Waals surface area contributed by atoms with Crippen molar-refractivity contribution in [1.29, 1.82) is 0 Å². The molecule has 0 saturated heterocycles. The van der Waals surface area contributed by atoms with E-state index in [4.69, 9.17) is 9.47 Å². The third-order valence-corrected chi connectivity index (χ3v) is 4.87. The number of methoxy groups -OCH3 is 1. The number of hydrogen-bond donors (Lipinski definition) is 1. The molecule has 156 valence electrons. The number of ether oxygens (including phenoxy) is 2. The molecule has 1 N–H and O–H groups in total. The molecule has 0 radical (unpaired) electrons. The van der Waals surface area contributed by atoms with Gasteiger partial charge in [-0.25, -0.2) is 0 Å². The maximum atomic E-state index is 12.9. The van der Waals surface area contributed by atoms with Crippen LogP contribution < -0.4 is 14.8 Å². The van der Waals surface area contributed by atoms with Crippen molar-refractivity contribution in [3.63, 3.8) is 0 Å². The average molecular weight is 399 g/mol. The van der Waals surface area contributed by atoms with Crippen molar-refractivity contribution in [2.75, 3.05) is 20.3 Å². The van der Waals surface area contributed by atoms with E-state index < -0.39 is 6.04 Å². The number of likely N-dealkylation sites (N-methyl/N-ethyl adjacent to an activating group) is 1. The fraction of sp³-hybridized carbons (Fsp3) is 0.391. The van der Waals surface area contributed by atoms with Crippen LogP contribution in [0.5, 0.6) is 11.5 Å². The molecule has 2 amide bonds. The number of carbonyl (C=O) groups excluding carboxylic acids is 2. The van der Waals surface area contributed by atoms with Crippen LogP contribution in [0.15, 0.2) is 42.5 Å². The van der Waals surface area contributed by atoms with Crippen LogP contribution in [0.2, 0.25) is 0 Å². The second-order valence-corrected chi connectivity index (χ2v) is 6.98. The molecule has 6 heteroatoms. The maximum Gasteiger partial charge on any atom is 0.261 e. The van der Waals surface area contributed by atoms with Gasteiger partial charge in [0.15, 0.2) is 6.61 Å². The zero-order valence-corrected chi connectivity index (χ0v) is 17.8. The van der Waals surface area contributed by atoms with Crippen LogP contribution in [0.3, 0.4) is 0 Å². The minimum atomic E-state index is -0.618. The summed E-state index contributed by atoms with van der Waals surface area (Å²) >= 11 is 0. The monoisotopic (exact) mass is 398 g/mol. The fourth-order valence-corrected chi connectivity index (χ4v) is 2.86. The molecule has 0 aromatic heterocycles. The molecule has 0 unspecified atom stereocenters. The summed E-state index contributed by atoms with van der Waals surface area (Å²) < 4.78 is 10.9. The predicted molar refractivity (Wildman–Crippen MR) is 113 cm³/mol. The molecular formula is C23H30N2O4. The lowest BCUT2D eigenvalue weighted by Gasteiger charge is -2.28. The molecule has 29 heavy (non-hydrogen) atoms. The largest absolute Gasteiger partial charge is 0.497 e. The molecule has 0 fully saturated rings. The van der Waals surface area contributed by atoms with E-state index in [-0.39, 0.29) is 18.4 Å². The van der Waals surface area contributed by atoms with Crippen molar-refractivity contribution < 1.29 is 19.1 Å². The third-order valence-electron chi connectivity index (χ3n) is 4.87. The van der Waals surface area contributed by atoms with Crippen LogP contribution in [0.1, 0.15) is 30.5 Å². The van der Waals surface area contributed by atoms with E-state index in [1.807, 2.05) is 63.2 Å². The van der Waals surface area contributed by atoms with Crippen molar-refractivity contribution in [2.24, 2.45) is 0 Å². The molecule has 0 saturated carbocycles. The van der Waals surface area contributed by atoms with Crippen LogP contribution >= 0.6 is 0 Å². The Morgan fingerprint density at radius 1 is 1.03 bits per heavy atom. The first-order valence-electron chi connectivity index (χ1n) is 9.75. The number of nitrogens with one attached hydrogen (secondary N) is 1. The van der Waals surface area contributed by atoms with E-state index in [0.29, 0.717) is 18.8 Å². The predicted octanol–water partition coefficient (Wildman–Crippen LogP) is 3.24. The van der Waals surface area contributed by atoms with Gasteiger partial charge in [0.2, 0.25) is 5.91 Å². The highest BCUT2D eigenvalue weighted by Crippen LogP contribution is 2.18. The standard InChI is InChI=1S/C23H30N2O4/c1-6-24-23(27)18(4)25(14-19-8-11-20(28-5)12-9-19)22(26)15-29-21-10-7-16(2)17(3)13-21/h7-13,18H,6,14-15H2,1-5H3,(H,24,27)/t18-/m1/s1. The molecule has 6 nitrogen and oxygen atoms in total. The van der Waals surface area contributed by atoms with E-state index in [2.05, 4.69) is 5.32 Å². The van der Waals surface area contributed by atoms with Crippen LogP contribution in [-0.2, 0) is 16.1 Å². The summed E-state index contributed by atoms with van der Waals surface area (Å²) in [5, 5.41) is 2.78. The molecule has 1 atom stereocenters. The summed E-state index contributed by atoms with van der Waals surface area (Å²) in [6.45, 7) is 8.27. The second kappa shape index (κ2) is 10.5. The summed E-state index contributed by atoms with van der Waals surface area (Å²) in [5.41, 5.74) is 3.16. The lowest BCUT2D eigenvalue weighted by molar-refractivity contribution is -0.142. The van der Waals surface area contributed by atoms with Gasteiger partial charge in [0, 0.05) is 13.1 Å². The number of carbonyl (C=O) groups is 2. The fourth-order valence-electron chi connectivity index (χ4n) is 2.86. The highest BCUT2D eigenvalue weighted by molar-refractivity contribution is 5.87. The van der Waals surface area contributed by atoms with Gasteiger partial charge in [0.05, 0.1) is 7.11 Å². The Morgan fingerprint density at radius 2 is 1.69 bits per heavy atom. The molecule has 0 aliphatic heterocycles. The molecule has 0 aliphatic rings. The van der Waals surface area contributed by atoms with Gasteiger partial charge < -0.3 is 19.7 Å². The van der Waals surface area contributed by atoms with Gasteiger partial charge in [-0.2, -0.15) is 0 Å². The van der Waals surface area contributed by atoms with Crippen LogP contribution in [0, 0.1) is 13.8 Å². The normalized spacial score (nSPS) is 11.5. The Balaban J connectivity index is 2.14.